The molecule has 0 saturated carbocycles. The number of benzene rings is 2. The molecule has 2 aromatic carbocycles. The zero-order chi connectivity index (χ0) is 18.8. The van der Waals surface area contributed by atoms with E-state index in [-0.39, 0.29) is 5.91 Å². The van der Waals surface area contributed by atoms with Crippen LogP contribution in [0.1, 0.15) is 11.1 Å². The van der Waals surface area contributed by atoms with Gasteiger partial charge in [-0.3, -0.25) is 4.79 Å². The van der Waals surface area contributed by atoms with Crippen LogP contribution in [0.25, 0.3) is 16.9 Å². The van der Waals surface area contributed by atoms with Gasteiger partial charge in [0.1, 0.15) is 5.65 Å². The Labute approximate surface area is 162 Å². The van der Waals surface area contributed by atoms with Gasteiger partial charge in [-0.1, -0.05) is 41.9 Å². The van der Waals surface area contributed by atoms with Gasteiger partial charge in [0, 0.05) is 28.7 Å². The van der Waals surface area contributed by atoms with E-state index in [1.807, 2.05) is 72.2 Å². The van der Waals surface area contributed by atoms with Crippen molar-refractivity contribution in [1.29, 1.82) is 0 Å². The van der Waals surface area contributed by atoms with Crippen molar-refractivity contribution in [2.45, 2.75) is 13.3 Å². The van der Waals surface area contributed by atoms with Crippen molar-refractivity contribution in [3.8, 4) is 11.3 Å². The van der Waals surface area contributed by atoms with Crippen molar-refractivity contribution in [3.05, 3.63) is 89.2 Å². The van der Waals surface area contributed by atoms with E-state index in [0.29, 0.717) is 11.4 Å². The molecular formula is C22H18ClN3O. The quantitative estimate of drug-likeness (QED) is 0.536. The van der Waals surface area contributed by atoms with Gasteiger partial charge in [0.05, 0.1) is 12.1 Å². The fraction of sp³-hybridized carbons (Fsp3) is 0.0909. The Kier molecular flexibility index (Phi) is 4.65. The van der Waals surface area contributed by atoms with Gasteiger partial charge in [-0.25, -0.2) is 4.98 Å². The van der Waals surface area contributed by atoms with E-state index in [0.717, 1.165) is 33.7 Å². The van der Waals surface area contributed by atoms with Gasteiger partial charge in [-0.05, 0) is 48.4 Å². The number of aromatic nitrogens is 2. The van der Waals surface area contributed by atoms with Crippen LogP contribution in [0.2, 0.25) is 5.02 Å². The van der Waals surface area contributed by atoms with Crippen LogP contribution in [0.4, 0.5) is 5.69 Å². The molecule has 1 N–H and O–H groups in total. The first-order valence-electron chi connectivity index (χ1n) is 8.67. The minimum absolute atomic E-state index is 0.0616. The zero-order valence-corrected chi connectivity index (χ0v) is 15.6. The van der Waals surface area contributed by atoms with E-state index in [1.54, 1.807) is 12.1 Å². The third-order valence-electron chi connectivity index (χ3n) is 4.42. The molecule has 27 heavy (non-hydrogen) atoms. The smallest absolute Gasteiger partial charge is 0.228 e. The number of nitrogens with zero attached hydrogens (tertiary/aromatic N) is 2. The van der Waals surface area contributed by atoms with Crippen molar-refractivity contribution < 1.29 is 4.79 Å². The van der Waals surface area contributed by atoms with E-state index in [2.05, 4.69) is 5.32 Å². The number of rotatable bonds is 4. The second-order valence-corrected chi connectivity index (χ2v) is 6.91. The maximum absolute atomic E-state index is 12.2. The number of aryl methyl sites for hydroxylation is 1. The van der Waals surface area contributed by atoms with Gasteiger partial charge in [0.2, 0.25) is 5.91 Å². The minimum atomic E-state index is -0.0616. The second kappa shape index (κ2) is 7.25. The largest absolute Gasteiger partial charge is 0.326 e. The number of nitrogens with one attached hydrogen (secondary N) is 1. The molecule has 0 fully saturated rings. The fourth-order valence-corrected chi connectivity index (χ4v) is 3.14. The Balaban J connectivity index is 1.47. The average molecular weight is 376 g/mol. The van der Waals surface area contributed by atoms with Crippen molar-refractivity contribution >= 4 is 28.8 Å². The molecule has 2 aromatic heterocycles. The summed E-state index contributed by atoms with van der Waals surface area (Å²) in [5.74, 6) is -0.0616. The van der Waals surface area contributed by atoms with Crippen molar-refractivity contribution in [1.82, 2.24) is 9.38 Å². The summed E-state index contributed by atoms with van der Waals surface area (Å²) in [5.41, 5.74) is 5.69. The Morgan fingerprint density at radius 1 is 1.07 bits per heavy atom. The van der Waals surface area contributed by atoms with Gasteiger partial charge in [-0.15, -0.1) is 0 Å². The molecule has 0 aliphatic heterocycles. The number of carbonyl (C=O) groups excluding carboxylic acids is 1. The molecule has 0 atom stereocenters. The van der Waals surface area contributed by atoms with Gasteiger partial charge < -0.3 is 9.72 Å². The lowest BCUT2D eigenvalue weighted by Gasteiger charge is -2.06. The molecule has 0 spiro atoms. The number of hydrogen-bond donors (Lipinski definition) is 1. The number of hydrogen-bond acceptors (Lipinski definition) is 2. The SMILES string of the molecule is Cc1cccn2cc(-c3ccc(NC(=O)Cc4ccc(Cl)cc4)cc3)nc12. The maximum Gasteiger partial charge on any atom is 0.228 e. The molecule has 134 valence electrons. The van der Waals surface area contributed by atoms with Crippen LogP contribution in [0.15, 0.2) is 73.1 Å². The summed E-state index contributed by atoms with van der Waals surface area (Å²) in [6.45, 7) is 2.05. The molecule has 0 saturated heterocycles. The molecular weight excluding hydrogens is 358 g/mol. The lowest BCUT2D eigenvalue weighted by Crippen LogP contribution is -2.14. The first-order valence-corrected chi connectivity index (χ1v) is 9.05. The molecule has 4 rings (SSSR count). The van der Waals surface area contributed by atoms with Crippen molar-refractivity contribution in [3.63, 3.8) is 0 Å². The third kappa shape index (κ3) is 3.86. The summed E-state index contributed by atoms with van der Waals surface area (Å²) in [6.07, 6.45) is 4.31. The highest BCUT2D eigenvalue weighted by Gasteiger charge is 2.08. The van der Waals surface area contributed by atoms with Crippen LogP contribution < -0.4 is 5.32 Å². The highest BCUT2D eigenvalue weighted by molar-refractivity contribution is 6.30. The first kappa shape index (κ1) is 17.3. The molecule has 0 aliphatic rings. The summed E-state index contributed by atoms with van der Waals surface area (Å²) in [6, 6.07) is 19.1. The number of halogens is 1. The van der Waals surface area contributed by atoms with Crippen molar-refractivity contribution in [2.24, 2.45) is 0 Å². The summed E-state index contributed by atoms with van der Waals surface area (Å²) in [5, 5.41) is 3.59. The molecule has 2 heterocycles. The Hall–Kier alpha value is -3.11. The number of anilines is 1. The van der Waals surface area contributed by atoms with Crippen LogP contribution in [0.3, 0.4) is 0 Å². The molecule has 0 unspecified atom stereocenters. The number of imidazole rings is 1. The van der Waals surface area contributed by atoms with E-state index in [9.17, 15) is 4.79 Å². The fourth-order valence-electron chi connectivity index (χ4n) is 3.01. The second-order valence-electron chi connectivity index (χ2n) is 6.48. The Bertz CT molecular complexity index is 1100. The number of carbonyl (C=O) groups is 1. The van der Waals surface area contributed by atoms with E-state index < -0.39 is 0 Å². The monoisotopic (exact) mass is 375 g/mol. The molecule has 4 aromatic rings. The first-order chi connectivity index (χ1) is 13.1. The van der Waals surface area contributed by atoms with E-state index in [4.69, 9.17) is 16.6 Å². The van der Waals surface area contributed by atoms with Crippen LogP contribution >= 0.6 is 11.6 Å². The van der Waals surface area contributed by atoms with Crippen LogP contribution in [-0.4, -0.2) is 15.3 Å². The van der Waals surface area contributed by atoms with Crippen LogP contribution in [0, 0.1) is 6.92 Å². The van der Waals surface area contributed by atoms with Gasteiger partial charge >= 0.3 is 0 Å². The Morgan fingerprint density at radius 2 is 1.81 bits per heavy atom. The number of amides is 1. The molecule has 5 heteroatoms. The summed E-state index contributed by atoms with van der Waals surface area (Å²) >= 11 is 5.87. The highest BCUT2D eigenvalue weighted by Crippen LogP contribution is 2.22. The summed E-state index contributed by atoms with van der Waals surface area (Å²) in [7, 11) is 0. The standard InChI is InChI=1S/C22H18ClN3O/c1-15-3-2-12-26-14-20(25-22(15)26)17-6-10-19(11-7-17)24-21(27)13-16-4-8-18(23)9-5-16/h2-12,14H,13H2,1H3,(H,24,27). The Morgan fingerprint density at radius 3 is 2.52 bits per heavy atom. The van der Waals surface area contributed by atoms with E-state index >= 15 is 0 Å². The zero-order valence-electron chi connectivity index (χ0n) is 14.8. The predicted molar refractivity (Wildman–Crippen MR) is 109 cm³/mol. The van der Waals surface area contributed by atoms with Crippen LogP contribution in [0.5, 0.6) is 0 Å². The highest BCUT2D eigenvalue weighted by atomic mass is 35.5. The van der Waals surface area contributed by atoms with Crippen molar-refractivity contribution in [2.75, 3.05) is 5.32 Å². The predicted octanol–water partition coefficient (Wildman–Crippen LogP) is 5.14. The third-order valence-corrected chi connectivity index (χ3v) is 4.67. The molecule has 0 bridgehead atoms. The molecule has 0 aliphatic carbocycles. The lowest BCUT2D eigenvalue weighted by molar-refractivity contribution is -0.115. The summed E-state index contributed by atoms with van der Waals surface area (Å²) in [4.78, 5) is 16.9. The number of fused-ring (bicyclic) bond motifs is 1. The topological polar surface area (TPSA) is 46.4 Å². The summed E-state index contributed by atoms with van der Waals surface area (Å²) < 4.78 is 2.02. The van der Waals surface area contributed by atoms with E-state index in [1.165, 1.54) is 0 Å². The molecule has 0 radical (unpaired) electrons. The molecule has 1 amide bonds. The number of pyridine rings is 1. The van der Waals surface area contributed by atoms with Gasteiger partial charge in [0.15, 0.2) is 0 Å². The maximum atomic E-state index is 12.2. The molecule has 4 nitrogen and oxygen atoms in total. The van der Waals surface area contributed by atoms with Gasteiger partial charge in [0.25, 0.3) is 0 Å². The lowest BCUT2D eigenvalue weighted by atomic mass is 10.1. The van der Waals surface area contributed by atoms with Gasteiger partial charge in [-0.2, -0.15) is 0 Å². The van der Waals surface area contributed by atoms with Crippen LogP contribution in [-0.2, 0) is 11.2 Å². The normalized spacial score (nSPS) is 10.9. The minimum Gasteiger partial charge on any atom is -0.326 e. The average Bonchev–Trinajstić information content (AvgIpc) is 3.10.